The molecule has 5 nitrogen and oxygen atoms in total. The molecule has 3 N–H and O–H groups in total. The summed E-state index contributed by atoms with van der Waals surface area (Å²) in [6.45, 7) is 0.562. The normalized spacial score (nSPS) is 10.1. The Hall–Kier alpha value is -2.27. The number of anilines is 1. The van der Waals surface area contributed by atoms with Gasteiger partial charge in [-0.05, 0) is 36.7 Å². The van der Waals surface area contributed by atoms with Gasteiger partial charge in [-0.25, -0.2) is 9.97 Å². The molecule has 0 aliphatic rings. The molecule has 0 saturated carbocycles. The van der Waals surface area contributed by atoms with Crippen molar-refractivity contribution in [3.05, 3.63) is 53.9 Å². The first-order valence-electron chi connectivity index (χ1n) is 5.67. The summed E-state index contributed by atoms with van der Waals surface area (Å²) in [5.41, 5.74) is 7.11. The van der Waals surface area contributed by atoms with Crippen molar-refractivity contribution in [3.8, 4) is 0 Å². The second kappa shape index (κ2) is 5.88. The first-order chi connectivity index (χ1) is 8.79. The van der Waals surface area contributed by atoms with Crippen molar-refractivity contribution in [1.82, 2.24) is 9.97 Å². The van der Waals surface area contributed by atoms with Crippen LogP contribution in [-0.4, -0.2) is 22.4 Å². The summed E-state index contributed by atoms with van der Waals surface area (Å²) in [5.74, 6) is 0.0757. The Bertz CT molecular complexity index is 528. The maximum absolute atomic E-state index is 11.9. The summed E-state index contributed by atoms with van der Waals surface area (Å²) in [7, 11) is 0. The Morgan fingerprint density at radius 2 is 2.00 bits per heavy atom. The van der Waals surface area contributed by atoms with E-state index in [1.807, 2.05) is 18.2 Å². The molecule has 0 radical (unpaired) electrons. The summed E-state index contributed by atoms with van der Waals surface area (Å²) < 4.78 is 0. The number of carbonyl (C=O) groups excluding carboxylic acids is 1. The number of carbonyl (C=O) groups is 1. The molecule has 1 heterocycles. The highest BCUT2D eigenvalue weighted by Gasteiger charge is 2.07. The topological polar surface area (TPSA) is 80.9 Å². The zero-order chi connectivity index (χ0) is 12.8. The highest BCUT2D eigenvalue weighted by atomic mass is 16.1. The van der Waals surface area contributed by atoms with E-state index in [0.29, 0.717) is 18.1 Å². The van der Waals surface area contributed by atoms with Gasteiger partial charge < -0.3 is 5.73 Å². The lowest BCUT2D eigenvalue weighted by atomic mass is 10.1. The van der Waals surface area contributed by atoms with Gasteiger partial charge in [0.05, 0.1) is 0 Å². The van der Waals surface area contributed by atoms with Gasteiger partial charge in [-0.1, -0.05) is 12.1 Å². The predicted octanol–water partition coefficient (Wildman–Crippen LogP) is 1.23. The van der Waals surface area contributed by atoms with Gasteiger partial charge in [-0.15, -0.1) is 0 Å². The van der Waals surface area contributed by atoms with Crippen LogP contribution in [0.15, 0.2) is 42.7 Å². The van der Waals surface area contributed by atoms with Crippen LogP contribution < -0.4 is 11.1 Å². The van der Waals surface area contributed by atoms with Crippen molar-refractivity contribution in [2.45, 2.75) is 6.42 Å². The Morgan fingerprint density at radius 3 is 2.72 bits per heavy atom. The molecule has 1 amide bonds. The largest absolute Gasteiger partial charge is 0.330 e. The molecule has 92 valence electrons. The lowest BCUT2D eigenvalue weighted by Crippen LogP contribution is -2.14. The fourth-order valence-electron chi connectivity index (χ4n) is 1.57. The number of nitrogens with zero attached hydrogens (tertiary/aromatic N) is 2. The van der Waals surface area contributed by atoms with E-state index < -0.39 is 0 Å². The van der Waals surface area contributed by atoms with Gasteiger partial charge in [-0.3, -0.25) is 10.1 Å². The Kier molecular flexibility index (Phi) is 3.98. The van der Waals surface area contributed by atoms with E-state index in [1.165, 1.54) is 0 Å². The van der Waals surface area contributed by atoms with Gasteiger partial charge in [0.15, 0.2) is 0 Å². The van der Waals surface area contributed by atoms with Crippen LogP contribution in [0.2, 0.25) is 0 Å². The van der Waals surface area contributed by atoms with Crippen molar-refractivity contribution in [1.29, 1.82) is 0 Å². The molecule has 18 heavy (non-hydrogen) atoms. The van der Waals surface area contributed by atoms with E-state index in [9.17, 15) is 4.79 Å². The molecule has 0 aliphatic carbocycles. The Morgan fingerprint density at radius 1 is 1.22 bits per heavy atom. The molecule has 0 aliphatic heterocycles. The number of benzene rings is 1. The number of nitrogens with one attached hydrogen (secondary N) is 1. The van der Waals surface area contributed by atoms with Crippen molar-refractivity contribution < 1.29 is 4.79 Å². The van der Waals surface area contributed by atoms with E-state index in [1.54, 1.807) is 24.5 Å². The molecule has 1 aromatic carbocycles. The molecule has 0 atom stereocenters. The van der Waals surface area contributed by atoms with Crippen molar-refractivity contribution in [2.24, 2.45) is 5.73 Å². The van der Waals surface area contributed by atoms with Crippen LogP contribution >= 0.6 is 0 Å². The number of hydrogen-bond donors (Lipinski definition) is 2. The van der Waals surface area contributed by atoms with Crippen LogP contribution in [0.5, 0.6) is 0 Å². The predicted molar refractivity (Wildman–Crippen MR) is 69.2 cm³/mol. The van der Waals surface area contributed by atoms with E-state index in [2.05, 4.69) is 15.3 Å². The average molecular weight is 242 g/mol. The number of rotatable bonds is 4. The third-order valence-electron chi connectivity index (χ3n) is 2.41. The SMILES string of the molecule is NCCc1cccc(C(=O)Nc2ncccn2)c1. The fourth-order valence-corrected chi connectivity index (χ4v) is 1.57. The molecule has 2 aromatic rings. The van der Waals surface area contributed by atoms with Gasteiger partial charge in [0.25, 0.3) is 5.91 Å². The smallest absolute Gasteiger partial charge is 0.258 e. The van der Waals surface area contributed by atoms with E-state index in [0.717, 1.165) is 12.0 Å². The lowest BCUT2D eigenvalue weighted by Gasteiger charge is -2.05. The molecule has 0 spiro atoms. The lowest BCUT2D eigenvalue weighted by molar-refractivity contribution is 0.102. The van der Waals surface area contributed by atoms with Crippen molar-refractivity contribution >= 4 is 11.9 Å². The van der Waals surface area contributed by atoms with E-state index in [4.69, 9.17) is 5.73 Å². The first kappa shape index (κ1) is 12.2. The maximum Gasteiger partial charge on any atom is 0.258 e. The zero-order valence-corrected chi connectivity index (χ0v) is 9.84. The molecule has 0 saturated heterocycles. The van der Waals surface area contributed by atoms with Crippen LogP contribution in [0.1, 0.15) is 15.9 Å². The van der Waals surface area contributed by atoms with Crippen LogP contribution in [0.4, 0.5) is 5.95 Å². The van der Waals surface area contributed by atoms with Gasteiger partial charge in [0.1, 0.15) is 0 Å². The van der Waals surface area contributed by atoms with Gasteiger partial charge in [0.2, 0.25) is 5.95 Å². The minimum atomic E-state index is -0.222. The van der Waals surface area contributed by atoms with Crippen molar-refractivity contribution in [2.75, 3.05) is 11.9 Å². The number of amides is 1. The average Bonchev–Trinajstić information content (AvgIpc) is 2.40. The molecule has 2 rings (SSSR count). The molecule has 0 unspecified atom stereocenters. The molecular formula is C13H14N4O. The van der Waals surface area contributed by atoms with Crippen LogP contribution in [-0.2, 0) is 6.42 Å². The fraction of sp³-hybridized carbons (Fsp3) is 0.154. The number of hydrogen-bond acceptors (Lipinski definition) is 4. The highest BCUT2D eigenvalue weighted by molar-refractivity contribution is 6.03. The Balaban J connectivity index is 2.11. The molecule has 5 heteroatoms. The van der Waals surface area contributed by atoms with Crippen LogP contribution in [0.25, 0.3) is 0 Å². The minimum Gasteiger partial charge on any atom is -0.330 e. The summed E-state index contributed by atoms with van der Waals surface area (Å²) in [5, 5.41) is 2.64. The third-order valence-corrected chi connectivity index (χ3v) is 2.41. The molecule has 0 fully saturated rings. The van der Waals surface area contributed by atoms with E-state index >= 15 is 0 Å². The maximum atomic E-state index is 11.9. The van der Waals surface area contributed by atoms with E-state index in [-0.39, 0.29) is 5.91 Å². The summed E-state index contributed by atoms with van der Waals surface area (Å²) in [6, 6.07) is 9.05. The quantitative estimate of drug-likeness (QED) is 0.845. The summed E-state index contributed by atoms with van der Waals surface area (Å²) >= 11 is 0. The Labute approximate surface area is 105 Å². The summed E-state index contributed by atoms with van der Waals surface area (Å²) in [4.78, 5) is 19.8. The number of aromatic nitrogens is 2. The monoisotopic (exact) mass is 242 g/mol. The minimum absolute atomic E-state index is 0.222. The molecule has 0 bridgehead atoms. The zero-order valence-electron chi connectivity index (χ0n) is 9.84. The van der Waals surface area contributed by atoms with Gasteiger partial charge in [0, 0.05) is 18.0 Å². The van der Waals surface area contributed by atoms with Gasteiger partial charge >= 0.3 is 0 Å². The van der Waals surface area contributed by atoms with Crippen LogP contribution in [0, 0.1) is 0 Å². The molecular weight excluding hydrogens is 228 g/mol. The summed E-state index contributed by atoms with van der Waals surface area (Å²) in [6.07, 6.45) is 3.91. The second-order valence-electron chi connectivity index (χ2n) is 3.77. The highest BCUT2D eigenvalue weighted by Crippen LogP contribution is 2.07. The first-order valence-corrected chi connectivity index (χ1v) is 5.67. The van der Waals surface area contributed by atoms with Gasteiger partial charge in [-0.2, -0.15) is 0 Å². The molecule has 1 aromatic heterocycles. The second-order valence-corrected chi connectivity index (χ2v) is 3.77. The standard InChI is InChI=1S/C13H14N4O/c14-6-5-10-3-1-4-11(9-10)12(18)17-13-15-7-2-8-16-13/h1-4,7-9H,5-6,14H2,(H,15,16,17,18). The van der Waals surface area contributed by atoms with Crippen molar-refractivity contribution in [3.63, 3.8) is 0 Å². The number of nitrogens with two attached hydrogens (primary N) is 1. The van der Waals surface area contributed by atoms with Crippen LogP contribution in [0.3, 0.4) is 0 Å². The third kappa shape index (κ3) is 3.11.